The first-order chi connectivity index (χ1) is 13.1. The molecule has 1 fully saturated rings. The van der Waals surface area contributed by atoms with Gasteiger partial charge in [0, 0.05) is 31.1 Å². The molecule has 2 N–H and O–H groups in total. The van der Waals surface area contributed by atoms with Crippen molar-refractivity contribution in [2.75, 3.05) is 6.54 Å². The van der Waals surface area contributed by atoms with Crippen LogP contribution in [0.1, 0.15) is 53.8 Å². The minimum absolute atomic E-state index is 0.124. The van der Waals surface area contributed by atoms with Crippen LogP contribution in [0, 0.1) is 0 Å². The number of para-hydroxylation sites is 1. The van der Waals surface area contributed by atoms with E-state index in [0.29, 0.717) is 12.6 Å². The maximum Gasteiger partial charge on any atom is 0.356 e. The Bertz CT molecular complexity index is 843. The number of hydrogen-bond acceptors (Lipinski definition) is 3. The normalized spacial score (nSPS) is 17.4. The highest BCUT2D eigenvalue weighted by atomic mass is 32.1. The number of thiocarbonyl (C=S) groups is 1. The van der Waals surface area contributed by atoms with E-state index in [1.807, 2.05) is 30.3 Å². The second-order valence-electron chi connectivity index (χ2n) is 7.28. The van der Waals surface area contributed by atoms with Crippen molar-refractivity contribution in [2.45, 2.75) is 51.1 Å². The highest BCUT2D eigenvalue weighted by Gasteiger charge is 2.30. The predicted octanol–water partition coefficient (Wildman–Crippen LogP) is 3.14. The highest BCUT2D eigenvalue weighted by molar-refractivity contribution is 7.80. The minimum Gasteiger partial charge on any atom is -0.476 e. The monoisotopic (exact) mass is 384 g/mol. The number of aromatic carboxylic acids is 1. The second-order valence-corrected chi connectivity index (χ2v) is 7.67. The summed E-state index contributed by atoms with van der Waals surface area (Å²) in [5.41, 5.74) is 2.75. The molecule has 1 saturated carbocycles. The van der Waals surface area contributed by atoms with Gasteiger partial charge in [0.2, 0.25) is 0 Å². The molecule has 0 unspecified atom stereocenters. The van der Waals surface area contributed by atoms with Crippen LogP contribution in [0.15, 0.2) is 30.3 Å². The van der Waals surface area contributed by atoms with E-state index >= 15 is 0 Å². The third-order valence-electron chi connectivity index (χ3n) is 5.48. The molecule has 2 aliphatic rings. The Kier molecular flexibility index (Phi) is 5.11. The Hall–Kier alpha value is -2.41. The van der Waals surface area contributed by atoms with Gasteiger partial charge in [-0.25, -0.2) is 9.48 Å². The van der Waals surface area contributed by atoms with Crippen molar-refractivity contribution < 1.29 is 9.90 Å². The fourth-order valence-corrected chi connectivity index (χ4v) is 4.38. The van der Waals surface area contributed by atoms with Gasteiger partial charge in [0.25, 0.3) is 0 Å². The molecule has 27 heavy (non-hydrogen) atoms. The van der Waals surface area contributed by atoms with Crippen LogP contribution in [-0.2, 0) is 13.0 Å². The van der Waals surface area contributed by atoms with Crippen LogP contribution in [0.25, 0.3) is 5.69 Å². The zero-order chi connectivity index (χ0) is 18.8. The van der Waals surface area contributed by atoms with Crippen LogP contribution >= 0.6 is 12.2 Å². The summed E-state index contributed by atoms with van der Waals surface area (Å²) in [7, 11) is 0. The predicted molar refractivity (Wildman–Crippen MR) is 107 cm³/mol. The molecular formula is C20H24N4O2S. The molecule has 142 valence electrons. The average molecular weight is 385 g/mol. The molecule has 0 saturated heterocycles. The Balaban J connectivity index is 1.57. The van der Waals surface area contributed by atoms with Crippen LogP contribution < -0.4 is 5.32 Å². The molecule has 0 spiro atoms. The van der Waals surface area contributed by atoms with Crippen molar-refractivity contribution in [1.82, 2.24) is 20.0 Å². The average Bonchev–Trinajstić information content (AvgIpc) is 3.08. The number of carboxylic acids is 1. The number of fused-ring (bicyclic) bond motifs is 1. The van der Waals surface area contributed by atoms with E-state index in [1.54, 1.807) is 4.68 Å². The number of carboxylic acid groups (broad SMARTS) is 1. The van der Waals surface area contributed by atoms with Gasteiger partial charge in [0.1, 0.15) is 0 Å². The molecule has 2 heterocycles. The lowest BCUT2D eigenvalue weighted by atomic mass is 9.96. The number of nitrogens with zero attached hydrogens (tertiary/aromatic N) is 3. The Morgan fingerprint density at radius 2 is 1.93 bits per heavy atom. The SMILES string of the molecule is O=C(O)c1nn(-c2ccccc2)c2c1CN(C(=S)NC1CCCCC1)CC2. The first-order valence-corrected chi connectivity index (χ1v) is 9.99. The molecule has 0 atom stereocenters. The summed E-state index contributed by atoms with van der Waals surface area (Å²) in [5, 5.41) is 18.3. The van der Waals surface area contributed by atoms with Gasteiger partial charge in [-0.05, 0) is 37.2 Å². The van der Waals surface area contributed by atoms with Gasteiger partial charge in [0.15, 0.2) is 10.8 Å². The van der Waals surface area contributed by atoms with Crippen molar-refractivity contribution in [3.8, 4) is 5.69 Å². The lowest BCUT2D eigenvalue weighted by Gasteiger charge is -2.33. The summed E-state index contributed by atoms with van der Waals surface area (Å²) >= 11 is 5.63. The summed E-state index contributed by atoms with van der Waals surface area (Å²) in [6, 6.07) is 10.1. The molecule has 1 aliphatic carbocycles. The maximum absolute atomic E-state index is 11.8. The van der Waals surface area contributed by atoms with Crippen molar-refractivity contribution in [3.63, 3.8) is 0 Å². The Morgan fingerprint density at radius 1 is 1.19 bits per heavy atom. The van der Waals surface area contributed by atoms with Crippen LogP contribution in [0.2, 0.25) is 0 Å². The zero-order valence-electron chi connectivity index (χ0n) is 15.2. The first-order valence-electron chi connectivity index (χ1n) is 9.58. The third kappa shape index (κ3) is 3.69. The van der Waals surface area contributed by atoms with Gasteiger partial charge in [-0.15, -0.1) is 0 Å². The quantitative estimate of drug-likeness (QED) is 0.793. The number of nitrogens with one attached hydrogen (secondary N) is 1. The molecule has 1 aromatic heterocycles. The van der Waals surface area contributed by atoms with Gasteiger partial charge < -0.3 is 15.3 Å². The molecule has 2 aromatic rings. The fraction of sp³-hybridized carbons (Fsp3) is 0.450. The molecule has 0 amide bonds. The zero-order valence-corrected chi connectivity index (χ0v) is 16.0. The molecule has 1 aliphatic heterocycles. The summed E-state index contributed by atoms with van der Waals surface area (Å²) in [6.07, 6.45) is 6.83. The lowest BCUT2D eigenvalue weighted by Crippen LogP contribution is -2.47. The van der Waals surface area contributed by atoms with Gasteiger partial charge in [-0.2, -0.15) is 5.10 Å². The van der Waals surface area contributed by atoms with E-state index in [0.717, 1.165) is 47.9 Å². The molecule has 0 radical (unpaired) electrons. The number of hydrogen-bond donors (Lipinski definition) is 2. The van der Waals surface area contributed by atoms with Crippen LogP contribution in [0.3, 0.4) is 0 Å². The molecule has 7 heteroatoms. The maximum atomic E-state index is 11.8. The number of aromatic nitrogens is 2. The summed E-state index contributed by atoms with van der Waals surface area (Å²) in [6.45, 7) is 1.26. The van der Waals surface area contributed by atoms with Gasteiger partial charge in [-0.3, -0.25) is 0 Å². The van der Waals surface area contributed by atoms with E-state index < -0.39 is 5.97 Å². The summed E-state index contributed by atoms with van der Waals surface area (Å²) < 4.78 is 1.77. The number of carbonyl (C=O) groups is 1. The minimum atomic E-state index is -0.992. The smallest absolute Gasteiger partial charge is 0.356 e. The van der Waals surface area contributed by atoms with Crippen molar-refractivity contribution in [1.29, 1.82) is 0 Å². The second kappa shape index (κ2) is 7.68. The number of benzene rings is 1. The summed E-state index contributed by atoms with van der Waals surface area (Å²) in [4.78, 5) is 13.8. The molecule has 1 aromatic carbocycles. The van der Waals surface area contributed by atoms with Crippen molar-refractivity contribution in [2.24, 2.45) is 0 Å². The van der Waals surface area contributed by atoms with Crippen molar-refractivity contribution >= 4 is 23.3 Å². The van der Waals surface area contributed by atoms with Gasteiger partial charge in [0.05, 0.1) is 11.4 Å². The van der Waals surface area contributed by atoms with Crippen LogP contribution in [0.4, 0.5) is 0 Å². The van der Waals surface area contributed by atoms with Crippen LogP contribution in [-0.4, -0.2) is 43.5 Å². The topological polar surface area (TPSA) is 70.4 Å². The summed E-state index contributed by atoms with van der Waals surface area (Å²) in [5.74, 6) is -0.992. The standard InChI is InChI=1S/C20H24N4O2S/c25-19(26)18-16-13-23(20(27)21-14-7-3-1-4-8-14)12-11-17(16)24(22-18)15-9-5-2-6-10-15/h2,5-6,9-10,14H,1,3-4,7-8,11-13H2,(H,21,27)(H,25,26). The lowest BCUT2D eigenvalue weighted by molar-refractivity contribution is 0.0688. The van der Waals surface area contributed by atoms with Crippen molar-refractivity contribution in [3.05, 3.63) is 47.3 Å². The molecular weight excluding hydrogens is 360 g/mol. The van der Waals surface area contributed by atoms with E-state index in [4.69, 9.17) is 12.2 Å². The molecule has 4 rings (SSSR count). The fourth-order valence-electron chi connectivity index (χ4n) is 4.06. The van der Waals surface area contributed by atoms with Crippen LogP contribution in [0.5, 0.6) is 0 Å². The van der Waals surface area contributed by atoms with E-state index in [9.17, 15) is 9.90 Å². The molecule has 0 bridgehead atoms. The Morgan fingerprint density at radius 3 is 2.63 bits per heavy atom. The highest BCUT2D eigenvalue weighted by Crippen LogP contribution is 2.26. The first kappa shape index (κ1) is 18.0. The third-order valence-corrected chi connectivity index (χ3v) is 5.86. The van der Waals surface area contributed by atoms with Gasteiger partial charge in [-0.1, -0.05) is 37.5 Å². The Labute approximate surface area is 164 Å². The van der Waals surface area contributed by atoms with E-state index in [-0.39, 0.29) is 5.69 Å². The van der Waals surface area contributed by atoms with Gasteiger partial charge >= 0.3 is 5.97 Å². The van der Waals surface area contributed by atoms with E-state index in [1.165, 1.54) is 19.3 Å². The molecule has 6 nitrogen and oxygen atoms in total. The largest absolute Gasteiger partial charge is 0.476 e. The van der Waals surface area contributed by atoms with E-state index in [2.05, 4.69) is 15.3 Å². The number of rotatable bonds is 3.